The lowest BCUT2D eigenvalue weighted by Gasteiger charge is -2.05. The summed E-state index contributed by atoms with van der Waals surface area (Å²) in [4.78, 5) is 8.64. The van der Waals surface area contributed by atoms with Crippen LogP contribution in [-0.2, 0) is 0 Å². The van der Waals surface area contributed by atoms with Crippen molar-refractivity contribution in [2.45, 2.75) is 6.92 Å². The topological polar surface area (TPSA) is 25.8 Å². The molecule has 0 radical (unpaired) electrons. The molecule has 0 aliphatic rings. The first-order valence-corrected chi connectivity index (χ1v) is 6.00. The summed E-state index contributed by atoms with van der Waals surface area (Å²) in [7, 11) is 0. The van der Waals surface area contributed by atoms with Crippen molar-refractivity contribution in [2.75, 3.05) is 0 Å². The summed E-state index contributed by atoms with van der Waals surface area (Å²) in [6, 6.07) is 5.79. The normalized spacial score (nSPS) is 10.3. The quantitative estimate of drug-likeness (QED) is 0.791. The van der Waals surface area contributed by atoms with Gasteiger partial charge in [0.25, 0.3) is 0 Å². The van der Waals surface area contributed by atoms with Crippen molar-refractivity contribution in [1.29, 1.82) is 0 Å². The van der Waals surface area contributed by atoms with Gasteiger partial charge in [0.05, 0.1) is 11.4 Å². The van der Waals surface area contributed by atoms with Crippen molar-refractivity contribution in [3.63, 3.8) is 0 Å². The van der Waals surface area contributed by atoms with Gasteiger partial charge < -0.3 is 0 Å². The van der Waals surface area contributed by atoms with Crippen LogP contribution < -0.4 is 0 Å². The SMILES string of the molecule is Cc1c(Br)ccnc1-c1cc(Br)ccn1. The van der Waals surface area contributed by atoms with Gasteiger partial charge in [0.1, 0.15) is 0 Å². The standard InChI is InChI=1S/C11H8Br2N2/c1-7-9(13)3-5-15-11(7)10-6-8(12)2-4-14-10/h2-6H,1H3. The third kappa shape index (κ3) is 2.26. The van der Waals surface area contributed by atoms with E-state index in [0.29, 0.717) is 0 Å². The van der Waals surface area contributed by atoms with Gasteiger partial charge in [-0.05, 0) is 30.7 Å². The van der Waals surface area contributed by atoms with Crippen LogP contribution in [0.1, 0.15) is 5.56 Å². The Kier molecular flexibility index (Phi) is 3.17. The highest BCUT2D eigenvalue weighted by atomic mass is 79.9. The highest BCUT2D eigenvalue weighted by Gasteiger charge is 2.07. The molecule has 2 aromatic heterocycles. The van der Waals surface area contributed by atoms with E-state index in [2.05, 4.69) is 41.8 Å². The molecule has 0 aliphatic carbocycles. The molecule has 0 saturated heterocycles. The Labute approximate surface area is 105 Å². The second-order valence-corrected chi connectivity index (χ2v) is 4.90. The molecule has 0 spiro atoms. The Morgan fingerprint density at radius 3 is 2.53 bits per heavy atom. The molecule has 0 N–H and O–H groups in total. The lowest BCUT2D eigenvalue weighted by Crippen LogP contribution is -1.91. The van der Waals surface area contributed by atoms with Gasteiger partial charge >= 0.3 is 0 Å². The molecule has 0 unspecified atom stereocenters. The molecule has 0 aromatic carbocycles. The molecule has 0 saturated carbocycles. The van der Waals surface area contributed by atoms with Gasteiger partial charge in [0.2, 0.25) is 0 Å². The number of halogens is 2. The number of hydrogen-bond acceptors (Lipinski definition) is 2. The molecule has 4 heteroatoms. The van der Waals surface area contributed by atoms with E-state index >= 15 is 0 Å². The zero-order valence-corrected chi connectivity index (χ0v) is 11.2. The molecule has 2 heterocycles. The minimum atomic E-state index is 0.878. The lowest BCUT2D eigenvalue weighted by molar-refractivity contribution is 1.20. The zero-order valence-electron chi connectivity index (χ0n) is 8.04. The fourth-order valence-corrected chi connectivity index (χ4v) is 1.95. The molecule has 76 valence electrons. The molecule has 0 amide bonds. The van der Waals surface area contributed by atoms with E-state index in [1.54, 1.807) is 12.4 Å². The fourth-order valence-electron chi connectivity index (χ4n) is 1.30. The number of rotatable bonds is 1. The van der Waals surface area contributed by atoms with Gasteiger partial charge in [-0.15, -0.1) is 0 Å². The lowest BCUT2D eigenvalue weighted by atomic mass is 10.1. The van der Waals surface area contributed by atoms with E-state index in [-0.39, 0.29) is 0 Å². The summed E-state index contributed by atoms with van der Waals surface area (Å²) in [6.45, 7) is 2.02. The summed E-state index contributed by atoms with van der Waals surface area (Å²) < 4.78 is 2.06. The van der Waals surface area contributed by atoms with Crippen molar-refractivity contribution >= 4 is 31.9 Å². The maximum Gasteiger partial charge on any atom is 0.0926 e. The Balaban J connectivity index is 2.59. The van der Waals surface area contributed by atoms with Crippen molar-refractivity contribution in [3.05, 3.63) is 45.1 Å². The summed E-state index contributed by atoms with van der Waals surface area (Å²) in [5, 5.41) is 0. The molecule has 0 aliphatic heterocycles. The smallest absolute Gasteiger partial charge is 0.0926 e. The number of nitrogens with zero attached hydrogens (tertiary/aromatic N) is 2. The van der Waals surface area contributed by atoms with Crippen LogP contribution in [0.3, 0.4) is 0 Å². The third-order valence-electron chi connectivity index (χ3n) is 2.10. The van der Waals surface area contributed by atoms with Gasteiger partial charge in [-0.25, -0.2) is 0 Å². The van der Waals surface area contributed by atoms with Gasteiger partial charge in [0, 0.05) is 21.3 Å². The molecule has 0 bridgehead atoms. The Bertz CT molecular complexity index is 498. The first-order chi connectivity index (χ1) is 7.18. The number of hydrogen-bond donors (Lipinski definition) is 0. The molecule has 2 rings (SSSR count). The molecule has 2 nitrogen and oxygen atoms in total. The van der Waals surface area contributed by atoms with Crippen LogP contribution in [0, 0.1) is 6.92 Å². The summed E-state index contributed by atoms with van der Waals surface area (Å²) >= 11 is 6.91. The van der Waals surface area contributed by atoms with Gasteiger partial charge in [-0.3, -0.25) is 9.97 Å². The van der Waals surface area contributed by atoms with E-state index in [1.165, 1.54) is 0 Å². The fraction of sp³-hybridized carbons (Fsp3) is 0.0909. The highest BCUT2D eigenvalue weighted by molar-refractivity contribution is 9.10. The Morgan fingerprint density at radius 2 is 1.80 bits per heavy atom. The van der Waals surface area contributed by atoms with Crippen LogP contribution in [-0.4, -0.2) is 9.97 Å². The minimum absolute atomic E-state index is 0.878. The summed E-state index contributed by atoms with van der Waals surface area (Å²) in [6.07, 6.45) is 3.54. The van der Waals surface area contributed by atoms with E-state index in [4.69, 9.17) is 0 Å². The predicted octanol–water partition coefficient (Wildman–Crippen LogP) is 3.98. The number of aromatic nitrogens is 2. The molecule has 2 aromatic rings. The third-order valence-corrected chi connectivity index (χ3v) is 3.45. The molecular weight excluding hydrogens is 320 g/mol. The maximum absolute atomic E-state index is 4.34. The Morgan fingerprint density at radius 1 is 1.07 bits per heavy atom. The van der Waals surface area contributed by atoms with Crippen LogP contribution in [0.4, 0.5) is 0 Å². The van der Waals surface area contributed by atoms with E-state index in [9.17, 15) is 0 Å². The molecule has 15 heavy (non-hydrogen) atoms. The van der Waals surface area contributed by atoms with Gasteiger partial charge in [-0.1, -0.05) is 31.9 Å². The molecular formula is C11H8Br2N2. The largest absolute Gasteiger partial charge is 0.255 e. The van der Waals surface area contributed by atoms with Crippen LogP contribution in [0.5, 0.6) is 0 Å². The van der Waals surface area contributed by atoms with Crippen LogP contribution >= 0.6 is 31.9 Å². The van der Waals surface area contributed by atoms with E-state index in [0.717, 1.165) is 25.9 Å². The predicted molar refractivity (Wildman–Crippen MR) is 67.6 cm³/mol. The molecule has 0 fully saturated rings. The average molecular weight is 328 g/mol. The summed E-state index contributed by atoms with van der Waals surface area (Å²) in [5.74, 6) is 0. The van der Waals surface area contributed by atoms with Crippen LogP contribution in [0.2, 0.25) is 0 Å². The number of pyridine rings is 2. The second-order valence-electron chi connectivity index (χ2n) is 3.13. The van der Waals surface area contributed by atoms with Crippen molar-refractivity contribution in [1.82, 2.24) is 9.97 Å². The monoisotopic (exact) mass is 326 g/mol. The highest BCUT2D eigenvalue weighted by Crippen LogP contribution is 2.26. The average Bonchev–Trinajstić information content (AvgIpc) is 2.22. The van der Waals surface area contributed by atoms with Crippen molar-refractivity contribution in [2.24, 2.45) is 0 Å². The van der Waals surface area contributed by atoms with Gasteiger partial charge in [-0.2, -0.15) is 0 Å². The van der Waals surface area contributed by atoms with Crippen molar-refractivity contribution in [3.8, 4) is 11.4 Å². The van der Waals surface area contributed by atoms with E-state index in [1.807, 2.05) is 25.1 Å². The second kappa shape index (κ2) is 4.41. The van der Waals surface area contributed by atoms with Crippen molar-refractivity contribution < 1.29 is 0 Å². The molecule has 0 atom stereocenters. The van der Waals surface area contributed by atoms with Crippen LogP contribution in [0.25, 0.3) is 11.4 Å². The van der Waals surface area contributed by atoms with Crippen LogP contribution in [0.15, 0.2) is 39.5 Å². The van der Waals surface area contributed by atoms with Gasteiger partial charge in [0.15, 0.2) is 0 Å². The Hall–Kier alpha value is -0.740. The first-order valence-electron chi connectivity index (χ1n) is 4.41. The zero-order chi connectivity index (χ0) is 10.8. The first kappa shape index (κ1) is 10.8. The maximum atomic E-state index is 4.34. The minimum Gasteiger partial charge on any atom is -0.255 e. The van der Waals surface area contributed by atoms with E-state index < -0.39 is 0 Å². The summed E-state index contributed by atoms with van der Waals surface area (Å²) in [5.41, 5.74) is 2.89.